The van der Waals surface area contributed by atoms with Gasteiger partial charge in [0.05, 0.1) is 23.0 Å². The molecule has 20 heavy (non-hydrogen) atoms. The zero-order valence-electron chi connectivity index (χ0n) is 10.6. The number of benzene rings is 1. The van der Waals surface area contributed by atoms with Gasteiger partial charge in [-0.3, -0.25) is 4.57 Å². The molecule has 0 saturated carbocycles. The maximum Gasteiger partial charge on any atom is 0.515 e. The molecule has 0 N–H and O–H groups in total. The molecule has 3 rings (SSSR count). The van der Waals surface area contributed by atoms with Crippen molar-refractivity contribution in [3.63, 3.8) is 0 Å². The number of fused-ring (bicyclic) bond motifs is 1. The lowest BCUT2D eigenvalue weighted by molar-refractivity contribution is 0.103. The van der Waals surface area contributed by atoms with Gasteiger partial charge in [-0.15, -0.1) is 0 Å². The zero-order valence-corrected chi connectivity index (χ0v) is 11.5. The summed E-state index contributed by atoms with van der Waals surface area (Å²) in [6.45, 7) is 1.97. The molecule has 2 heterocycles. The van der Waals surface area contributed by atoms with Crippen LogP contribution in [0.15, 0.2) is 36.8 Å². The van der Waals surface area contributed by atoms with E-state index in [1.54, 1.807) is 24.0 Å². The molecule has 0 aliphatic carbocycles. The van der Waals surface area contributed by atoms with Crippen molar-refractivity contribution >= 4 is 27.7 Å². The van der Waals surface area contributed by atoms with Gasteiger partial charge in [-0.2, -0.15) is 0 Å². The molecule has 0 aliphatic rings. The van der Waals surface area contributed by atoms with Crippen LogP contribution in [0.2, 0.25) is 0 Å². The predicted octanol–water partition coefficient (Wildman–Crippen LogP) is 3.02. The minimum absolute atomic E-state index is 0.183. The maximum atomic E-state index is 11.2. The van der Waals surface area contributed by atoms with E-state index in [9.17, 15) is 4.79 Å². The van der Waals surface area contributed by atoms with Crippen LogP contribution in [0.4, 0.5) is 4.79 Å². The van der Waals surface area contributed by atoms with Crippen LogP contribution in [0.3, 0.4) is 0 Å². The number of ether oxygens (including phenoxy) is 2. The lowest BCUT2D eigenvalue weighted by Gasteiger charge is -1.99. The van der Waals surface area contributed by atoms with Crippen LogP contribution in [0.1, 0.15) is 6.92 Å². The Morgan fingerprint density at radius 3 is 3.05 bits per heavy atom. The van der Waals surface area contributed by atoms with Crippen molar-refractivity contribution in [2.75, 3.05) is 6.61 Å². The first-order valence-corrected chi connectivity index (χ1v) is 6.82. The molecule has 0 atom stereocenters. The molecule has 0 aliphatic heterocycles. The molecule has 0 unspecified atom stereocenters. The van der Waals surface area contributed by atoms with Crippen LogP contribution in [0.25, 0.3) is 15.3 Å². The third kappa shape index (κ3) is 2.48. The Kier molecular flexibility index (Phi) is 3.34. The number of aromatic nitrogens is 3. The summed E-state index contributed by atoms with van der Waals surface area (Å²) in [5.74, 6) is 0.183. The second kappa shape index (κ2) is 5.30. The molecule has 0 fully saturated rings. The first-order chi connectivity index (χ1) is 9.76. The highest BCUT2D eigenvalue weighted by atomic mass is 32.1. The molecule has 0 radical (unpaired) electrons. The first-order valence-electron chi connectivity index (χ1n) is 6.01. The number of imidazole rings is 1. The van der Waals surface area contributed by atoms with Crippen LogP contribution in [-0.2, 0) is 4.74 Å². The molecule has 0 spiro atoms. The van der Waals surface area contributed by atoms with Gasteiger partial charge >= 0.3 is 6.16 Å². The van der Waals surface area contributed by atoms with E-state index in [1.165, 1.54) is 11.3 Å². The summed E-state index contributed by atoms with van der Waals surface area (Å²) in [5, 5.41) is 0.761. The van der Waals surface area contributed by atoms with Crippen molar-refractivity contribution in [2.45, 2.75) is 6.92 Å². The summed E-state index contributed by atoms with van der Waals surface area (Å²) in [6, 6.07) is 7.86. The first kappa shape index (κ1) is 12.6. The zero-order chi connectivity index (χ0) is 13.9. The lowest BCUT2D eigenvalue weighted by atomic mass is 10.3. The molecule has 1 aromatic carbocycles. The van der Waals surface area contributed by atoms with Crippen molar-refractivity contribution in [1.29, 1.82) is 0 Å². The molecule has 102 valence electrons. The smallest absolute Gasteiger partial charge is 0.434 e. The van der Waals surface area contributed by atoms with E-state index in [0.29, 0.717) is 0 Å². The van der Waals surface area contributed by atoms with E-state index in [1.807, 2.05) is 24.3 Å². The van der Waals surface area contributed by atoms with E-state index in [0.717, 1.165) is 15.3 Å². The summed E-state index contributed by atoms with van der Waals surface area (Å²) in [7, 11) is 0. The highest BCUT2D eigenvalue weighted by molar-refractivity contribution is 7.20. The Hall–Kier alpha value is -2.41. The van der Waals surface area contributed by atoms with E-state index in [4.69, 9.17) is 4.74 Å². The van der Waals surface area contributed by atoms with Crippen LogP contribution >= 0.6 is 11.3 Å². The van der Waals surface area contributed by atoms with Gasteiger partial charge < -0.3 is 9.47 Å². The third-order valence-electron chi connectivity index (χ3n) is 2.51. The average Bonchev–Trinajstić information content (AvgIpc) is 3.04. The Labute approximate surface area is 118 Å². The number of nitrogens with zero attached hydrogens (tertiary/aromatic N) is 3. The molecule has 0 amide bonds. The van der Waals surface area contributed by atoms with E-state index in [-0.39, 0.29) is 12.5 Å². The average molecular weight is 289 g/mol. The number of thiazole rings is 1. The number of hydrogen-bond acceptors (Lipinski definition) is 6. The fraction of sp³-hybridized carbons (Fsp3) is 0.154. The largest absolute Gasteiger partial charge is 0.515 e. The Morgan fingerprint density at radius 2 is 2.25 bits per heavy atom. The van der Waals surface area contributed by atoms with E-state index < -0.39 is 6.16 Å². The Morgan fingerprint density at radius 1 is 1.40 bits per heavy atom. The maximum absolute atomic E-state index is 11.2. The van der Waals surface area contributed by atoms with Crippen molar-refractivity contribution < 1.29 is 14.3 Å². The van der Waals surface area contributed by atoms with Crippen LogP contribution in [-0.4, -0.2) is 27.3 Å². The van der Waals surface area contributed by atoms with Crippen molar-refractivity contribution in [1.82, 2.24) is 14.5 Å². The molecule has 7 heteroatoms. The van der Waals surface area contributed by atoms with E-state index in [2.05, 4.69) is 14.7 Å². The summed E-state index contributed by atoms with van der Waals surface area (Å²) >= 11 is 1.53. The Bertz CT molecular complexity index is 717. The second-order valence-corrected chi connectivity index (χ2v) is 4.88. The normalized spacial score (nSPS) is 10.7. The number of carbonyl (C=O) groups excluding carboxylic acids is 1. The molecule has 6 nitrogen and oxygen atoms in total. The number of carbonyl (C=O) groups is 1. The summed E-state index contributed by atoms with van der Waals surface area (Å²) in [5.41, 5.74) is 0.925. The van der Waals surface area contributed by atoms with Gasteiger partial charge in [0.25, 0.3) is 0 Å². The quantitative estimate of drug-likeness (QED) is 0.693. The monoisotopic (exact) mass is 289 g/mol. The number of rotatable bonds is 3. The van der Waals surface area contributed by atoms with E-state index >= 15 is 0 Å². The van der Waals surface area contributed by atoms with Crippen LogP contribution in [0.5, 0.6) is 5.88 Å². The van der Waals surface area contributed by atoms with Gasteiger partial charge in [0.15, 0.2) is 5.13 Å². The molecular formula is C13H11N3O3S. The fourth-order valence-electron chi connectivity index (χ4n) is 1.67. The van der Waals surface area contributed by atoms with Gasteiger partial charge in [-0.05, 0) is 19.1 Å². The van der Waals surface area contributed by atoms with Gasteiger partial charge in [0.1, 0.15) is 6.33 Å². The molecular weight excluding hydrogens is 278 g/mol. The topological polar surface area (TPSA) is 66.2 Å². The minimum atomic E-state index is -0.762. The standard InChI is InChI=1S/C13H11N3O3S/c1-2-18-13(17)19-11-7-16(8-14-11)12-15-9-5-3-4-6-10(9)20-12/h3-8H,2H2,1H3. The van der Waals surface area contributed by atoms with Gasteiger partial charge in [0.2, 0.25) is 5.88 Å². The van der Waals surface area contributed by atoms with Gasteiger partial charge in [-0.25, -0.2) is 14.8 Å². The molecule has 0 saturated heterocycles. The highest BCUT2D eigenvalue weighted by Crippen LogP contribution is 2.25. The van der Waals surface area contributed by atoms with Crippen molar-refractivity contribution in [3.05, 3.63) is 36.8 Å². The highest BCUT2D eigenvalue weighted by Gasteiger charge is 2.10. The number of para-hydroxylation sites is 1. The van der Waals surface area contributed by atoms with Crippen molar-refractivity contribution in [3.8, 4) is 11.0 Å². The summed E-state index contributed by atoms with van der Waals surface area (Å²) in [4.78, 5) is 19.7. The van der Waals surface area contributed by atoms with Gasteiger partial charge in [0, 0.05) is 0 Å². The minimum Gasteiger partial charge on any atom is -0.434 e. The SMILES string of the molecule is CCOC(=O)Oc1cn(-c2nc3ccccc3s2)cn1. The molecule has 0 bridgehead atoms. The number of hydrogen-bond donors (Lipinski definition) is 0. The second-order valence-electron chi connectivity index (χ2n) is 3.87. The van der Waals surface area contributed by atoms with Gasteiger partial charge in [-0.1, -0.05) is 23.5 Å². The summed E-state index contributed by atoms with van der Waals surface area (Å²) < 4.78 is 12.4. The lowest BCUT2D eigenvalue weighted by Crippen LogP contribution is -2.10. The van der Waals surface area contributed by atoms with Crippen LogP contribution in [0, 0.1) is 0 Å². The van der Waals surface area contributed by atoms with Crippen LogP contribution < -0.4 is 4.74 Å². The Balaban J connectivity index is 1.84. The van der Waals surface area contributed by atoms with Crippen molar-refractivity contribution in [2.24, 2.45) is 0 Å². The summed E-state index contributed by atoms with van der Waals surface area (Å²) in [6.07, 6.45) is 2.38. The molecule has 2 aromatic heterocycles. The third-order valence-corrected chi connectivity index (χ3v) is 3.56. The fourth-order valence-corrected chi connectivity index (χ4v) is 2.58. The molecule has 3 aromatic rings. The predicted molar refractivity (Wildman–Crippen MR) is 74.4 cm³/mol.